The van der Waals surface area contributed by atoms with Crippen molar-refractivity contribution in [2.24, 2.45) is 0 Å². The van der Waals surface area contributed by atoms with Crippen LogP contribution in [0.5, 0.6) is 0 Å². The number of rotatable bonds is 4. The molecule has 142 valence electrons. The number of hydrogen-bond acceptors (Lipinski definition) is 3. The molecular weight excluding hydrogens is 409 g/mol. The first-order valence-corrected chi connectivity index (χ1v) is 10.5. The molecule has 4 rings (SSSR count). The number of aliphatic hydroxyl groups excluding tert-OH is 1. The highest BCUT2D eigenvalue weighted by molar-refractivity contribution is 7.90. The van der Waals surface area contributed by atoms with E-state index in [0.717, 1.165) is 22.2 Å². The van der Waals surface area contributed by atoms with Crippen molar-refractivity contribution in [1.29, 1.82) is 0 Å². The topological polar surface area (TPSA) is 85.4 Å². The van der Waals surface area contributed by atoms with Crippen LogP contribution in [0.4, 0.5) is 5.69 Å². The van der Waals surface area contributed by atoms with Crippen LogP contribution in [0.1, 0.15) is 17.2 Å². The van der Waals surface area contributed by atoms with Crippen LogP contribution >= 0.6 is 23.2 Å². The standard InChI is InChI=1S/C18H17Cl2N3O3S/c19-12-1-4-14(5-2-12)22-27(25,26)23-8-11(10-24)18-15-7-13(20)3-6-16(15)21-17(18)9-23/h1-7,11,21-22,24H,8-10H2. The number of aromatic amines is 1. The Morgan fingerprint density at radius 3 is 2.56 bits per heavy atom. The molecule has 3 N–H and O–H groups in total. The summed E-state index contributed by atoms with van der Waals surface area (Å²) in [5.41, 5.74) is 2.98. The third kappa shape index (κ3) is 3.53. The van der Waals surface area contributed by atoms with Crippen LogP contribution in [-0.2, 0) is 16.8 Å². The zero-order chi connectivity index (χ0) is 19.2. The fourth-order valence-electron chi connectivity index (χ4n) is 3.47. The molecule has 2 heterocycles. The van der Waals surface area contributed by atoms with Crippen molar-refractivity contribution in [2.75, 3.05) is 17.9 Å². The van der Waals surface area contributed by atoms with Gasteiger partial charge >= 0.3 is 10.2 Å². The molecule has 0 amide bonds. The first-order chi connectivity index (χ1) is 12.9. The van der Waals surface area contributed by atoms with Crippen LogP contribution in [0.3, 0.4) is 0 Å². The predicted molar refractivity (Wildman–Crippen MR) is 108 cm³/mol. The van der Waals surface area contributed by atoms with E-state index in [4.69, 9.17) is 23.2 Å². The van der Waals surface area contributed by atoms with Crippen LogP contribution in [0, 0.1) is 0 Å². The SMILES string of the molecule is O=S(=O)(Nc1ccc(Cl)cc1)N1Cc2[nH]c3ccc(Cl)cc3c2C(CO)C1. The summed E-state index contributed by atoms with van der Waals surface area (Å²) in [6, 6.07) is 11.9. The number of anilines is 1. The van der Waals surface area contributed by atoms with E-state index in [0.29, 0.717) is 15.7 Å². The second-order valence-corrected chi connectivity index (χ2v) is 9.04. The van der Waals surface area contributed by atoms with Gasteiger partial charge in [0.25, 0.3) is 0 Å². The molecule has 2 aromatic carbocycles. The monoisotopic (exact) mass is 425 g/mol. The summed E-state index contributed by atoms with van der Waals surface area (Å²) in [4.78, 5) is 3.26. The van der Waals surface area contributed by atoms with Gasteiger partial charge in [0.2, 0.25) is 0 Å². The summed E-state index contributed by atoms with van der Waals surface area (Å²) in [6.07, 6.45) is 0. The summed E-state index contributed by atoms with van der Waals surface area (Å²) >= 11 is 12.0. The van der Waals surface area contributed by atoms with E-state index in [9.17, 15) is 13.5 Å². The van der Waals surface area contributed by atoms with Gasteiger partial charge < -0.3 is 10.1 Å². The minimum Gasteiger partial charge on any atom is -0.396 e. The minimum absolute atomic E-state index is 0.167. The molecule has 0 spiro atoms. The average Bonchev–Trinajstić information content (AvgIpc) is 3.00. The number of H-pyrrole nitrogens is 1. The summed E-state index contributed by atoms with van der Waals surface area (Å²) in [6.45, 7) is 0.187. The lowest BCUT2D eigenvalue weighted by atomic mass is 9.94. The second kappa shape index (κ2) is 7.00. The minimum atomic E-state index is -3.80. The molecule has 9 heteroatoms. The number of hydrogen-bond donors (Lipinski definition) is 3. The molecule has 1 aliphatic heterocycles. The van der Waals surface area contributed by atoms with Crippen molar-refractivity contribution in [3.05, 3.63) is 63.8 Å². The highest BCUT2D eigenvalue weighted by Crippen LogP contribution is 2.36. The Morgan fingerprint density at radius 1 is 1.15 bits per heavy atom. The largest absolute Gasteiger partial charge is 0.396 e. The van der Waals surface area contributed by atoms with Gasteiger partial charge in [-0.15, -0.1) is 0 Å². The van der Waals surface area contributed by atoms with E-state index >= 15 is 0 Å². The quantitative estimate of drug-likeness (QED) is 0.595. The summed E-state index contributed by atoms with van der Waals surface area (Å²) in [7, 11) is -3.80. The van der Waals surface area contributed by atoms with Gasteiger partial charge in [0, 0.05) is 44.8 Å². The Morgan fingerprint density at radius 2 is 1.85 bits per heavy atom. The van der Waals surface area contributed by atoms with Gasteiger partial charge in [0.15, 0.2) is 0 Å². The Balaban J connectivity index is 1.68. The van der Waals surface area contributed by atoms with Gasteiger partial charge in [-0.3, -0.25) is 4.72 Å². The number of aliphatic hydroxyl groups is 1. The molecule has 1 aromatic heterocycles. The molecule has 0 radical (unpaired) electrons. The predicted octanol–water partition coefficient (Wildman–Crippen LogP) is 3.72. The molecular formula is C18H17Cl2N3O3S. The van der Waals surface area contributed by atoms with Gasteiger partial charge in [-0.1, -0.05) is 23.2 Å². The van der Waals surface area contributed by atoms with E-state index in [1.165, 1.54) is 4.31 Å². The molecule has 6 nitrogen and oxygen atoms in total. The Bertz CT molecular complexity index is 1100. The van der Waals surface area contributed by atoms with Crippen LogP contribution in [0.25, 0.3) is 10.9 Å². The fourth-order valence-corrected chi connectivity index (χ4v) is 5.01. The molecule has 0 fully saturated rings. The third-order valence-corrected chi connectivity index (χ3v) is 6.64. The van der Waals surface area contributed by atoms with Crippen molar-refractivity contribution in [3.8, 4) is 0 Å². The summed E-state index contributed by atoms with van der Waals surface area (Å²) in [5.74, 6) is -0.345. The molecule has 1 aliphatic rings. The molecule has 0 bridgehead atoms. The molecule has 0 saturated carbocycles. The van der Waals surface area contributed by atoms with Gasteiger partial charge in [0.05, 0.1) is 13.2 Å². The maximum absolute atomic E-state index is 12.8. The maximum Gasteiger partial charge on any atom is 0.302 e. The van der Waals surface area contributed by atoms with E-state index in [2.05, 4.69) is 9.71 Å². The number of nitrogens with one attached hydrogen (secondary N) is 2. The second-order valence-electron chi connectivity index (χ2n) is 6.49. The summed E-state index contributed by atoms with van der Waals surface area (Å²) in [5, 5.41) is 11.9. The first kappa shape index (κ1) is 18.6. The zero-order valence-corrected chi connectivity index (χ0v) is 16.4. The number of halogens is 2. The number of benzene rings is 2. The highest BCUT2D eigenvalue weighted by Gasteiger charge is 2.34. The van der Waals surface area contributed by atoms with Crippen molar-refractivity contribution in [3.63, 3.8) is 0 Å². The van der Waals surface area contributed by atoms with Crippen molar-refractivity contribution >= 4 is 50.0 Å². The van der Waals surface area contributed by atoms with Crippen molar-refractivity contribution in [2.45, 2.75) is 12.5 Å². The molecule has 1 unspecified atom stereocenters. The Hall–Kier alpha value is -1.77. The normalized spacial score (nSPS) is 17.8. The molecule has 3 aromatic rings. The molecule has 1 atom stereocenters. The van der Waals surface area contributed by atoms with Crippen LogP contribution in [-0.4, -0.2) is 36.0 Å². The van der Waals surface area contributed by atoms with Gasteiger partial charge in [-0.05, 0) is 48.0 Å². The molecule has 0 aliphatic carbocycles. The summed E-state index contributed by atoms with van der Waals surface area (Å²) < 4.78 is 29.6. The van der Waals surface area contributed by atoms with Crippen LogP contribution < -0.4 is 4.72 Å². The molecule has 27 heavy (non-hydrogen) atoms. The smallest absolute Gasteiger partial charge is 0.302 e. The number of nitrogens with zero attached hydrogens (tertiary/aromatic N) is 1. The van der Waals surface area contributed by atoms with Gasteiger partial charge in [-0.2, -0.15) is 12.7 Å². The van der Waals surface area contributed by atoms with E-state index in [1.807, 2.05) is 12.1 Å². The van der Waals surface area contributed by atoms with Crippen LogP contribution in [0.2, 0.25) is 10.0 Å². The van der Waals surface area contributed by atoms with Crippen molar-refractivity contribution < 1.29 is 13.5 Å². The lowest BCUT2D eigenvalue weighted by Crippen LogP contribution is -2.42. The van der Waals surface area contributed by atoms with Gasteiger partial charge in [0.1, 0.15) is 0 Å². The fraction of sp³-hybridized carbons (Fsp3) is 0.222. The third-order valence-electron chi connectivity index (χ3n) is 4.70. The first-order valence-electron chi connectivity index (χ1n) is 8.31. The number of fused-ring (bicyclic) bond motifs is 3. The Labute approximate surface area is 166 Å². The lowest BCUT2D eigenvalue weighted by molar-refractivity contribution is 0.230. The zero-order valence-electron chi connectivity index (χ0n) is 14.1. The lowest BCUT2D eigenvalue weighted by Gasteiger charge is -2.31. The van der Waals surface area contributed by atoms with E-state index in [1.54, 1.807) is 30.3 Å². The van der Waals surface area contributed by atoms with E-state index < -0.39 is 10.2 Å². The van der Waals surface area contributed by atoms with Crippen molar-refractivity contribution in [1.82, 2.24) is 9.29 Å². The average molecular weight is 426 g/mol. The van der Waals surface area contributed by atoms with Crippen LogP contribution in [0.15, 0.2) is 42.5 Å². The van der Waals surface area contributed by atoms with E-state index in [-0.39, 0.29) is 25.6 Å². The highest BCUT2D eigenvalue weighted by atomic mass is 35.5. The maximum atomic E-state index is 12.8. The number of aromatic nitrogens is 1. The van der Waals surface area contributed by atoms with Gasteiger partial charge in [-0.25, -0.2) is 0 Å². The molecule has 0 saturated heterocycles. The Kier molecular flexibility index (Phi) is 4.82.